The Balaban J connectivity index is 1.77. The van der Waals surface area contributed by atoms with Crippen molar-refractivity contribution in [3.63, 3.8) is 0 Å². The summed E-state index contributed by atoms with van der Waals surface area (Å²) >= 11 is 0. The summed E-state index contributed by atoms with van der Waals surface area (Å²) in [5, 5.41) is 0. The first-order valence-electron chi connectivity index (χ1n) is 7.91. The van der Waals surface area contributed by atoms with Crippen LogP contribution in [0.15, 0.2) is 53.4 Å². The lowest BCUT2D eigenvalue weighted by atomic mass is 10.2. The molecule has 0 heterocycles. The van der Waals surface area contributed by atoms with Gasteiger partial charge in [-0.25, -0.2) is 4.39 Å². The van der Waals surface area contributed by atoms with Gasteiger partial charge in [0.1, 0.15) is 16.5 Å². The lowest BCUT2D eigenvalue weighted by Crippen LogP contribution is -2.30. The summed E-state index contributed by atoms with van der Waals surface area (Å²) < 4.78 is 42.6. The van der Waals surface area contributed by atoms with E-state index in [0.29, 0.717) is 6.54 Å². The number of amides is 1. The SMILES string of the molecule is CC(=O)N(Cc1cccc(OS(=O)(=O)c2ccc(F)cc2)c1)C1CC1. The Morgan fingerprint density at radius 2 is 1.88 bits per heavy atom. The van der Waals surface area contributed by atoms with Gasteiger partial charge in [0.15, 0.2) is 0 Å². The molecular weight excluding hydrogens is 345 g/mol. The van der Waals surface area contributed by atoms with Gasteiger partial charge in [0, 0.05) is 19.5 Å². The van der Waals surface area contributed by atoms with Crippen molar-refractivity contribution in [2.45, 2.75) is 37.2 Å². The van der Waals surface area contributed by atoms with E-state index in [2.05, 4.69) is 0 Å². The van der Waals surface area contributed by atoms with Crippen molar-refractivity contribution in [1.29, 1.82) is 0 Å². The third-order valence-corrected chi connectivity index (χ3v) is 5.21. The van der Waals surface area contributed by atoms with Crippen LogP contribution in [-0.4, -0.2) is 25.3 Å². The third kappa shape index (κ3) is 4.36. The normalized spacial score (nSPS) is 14.2. The minimum atomic E-state index is -4.04. The summed E-state index contributed by atoms with van der Waals surface area (Å²) in [7, 11) is -4.04. The molecule has 0 spiro atoms. The Kier molecular flexibility index (Phi) is 4.76. The smallest absolute Gasteiger partial charge is 0.339 e. The van der Waals surface area contributed by atoms with Gasteiger partial charge in [0.05, 0.1) is 0 Å². The van der Waals surface area contributed by atoms with Crippen LogP contribution in [0.1, 0.15) is 25.3 Å². The van der Waals surface area contributed by atoms with Crippen molar-refractivity contribution in [1.82, 2.24) is 4.90 Å². The molecule has 0 N–H and O–H groups in total. The van der Waals surface area contributed by atoms with Gasteiger partial charge in [-0.2, -0.15) is 8.42 Å². The molecule has 132 valence electrons. The van der Waals surface area contributed by atoms with Crippen molar-refractivity contribution in [2.75, 3.05) is 0 Å². The molecule has 25 heavy (non-hydrogen) atoms. The molecule has 0 unspecified atom stereocenters. The summed E-state index contributed by atoms with van der Waals surface area (Å²) in [6.07, 6.45) is 1.99. The maximum atomic E-state index is 12.9. The molecule has 0 aliphatic heterocycles. The molecule has 5 nitrogen and oxygen atoms in total. The predicted octanol–water partition coefficient (Wildman–Crippen LogP) is 3.10. The van der Waals surface area contributed by atoms with Crippen LogP contribution in [-0.2, 0) is 21.5 Å². The molecule has 3 rings (SSSR count). The largest absolute Gasteiger partial charge is 0.379 e. The van der Waals surface area contributed by atoms with Gasteiger partial charge >= 0.3 is 10.1 Å². The molecule has 2 aromatic carbocycles. The van der Waals surface area contributed by atoms with E-state index in [1.807, 2.05) is 6.07 Å². The minimum absolute atomic E-state index is 0.00671. The van der Waals surface area contributed by atoms with Crippen molar-refractivity contribution >= 4 is 16.0 Å². The highest BCUT2D eigenvalue weighted by atomic mass is 32.2. The van der Waals surface area contributed by atoms with E-state index in [1.165, 1.54) is 13.0 Å². The standard InChI is InChI=1S/C18H18FNO4S/c1-13(21)20(16-7-8-16)12-14-3-2-4-17(11-14)24-25(22,23)18-9-5-15(19)6-10-18/h2-6,9-11,16H,7-8,12H2,1H3. The molecule has 1 aliphatic carbocycles. The van der Waals surface area contributed by atoms with Gasteiger partial charge < -0.3 is 9.08 Å². The molecule has 0 bridgehead atoms. The van der Waals surface area contributed by atoms with Crippen molar-refractivity contribution < 1.29 is 21.8 Å². The van der Waals surface area contributed by atoms with Crippen LogP contribution in [0.25, 0.3) is 0 Å². The van der Waals surface area contributed by atoms with E-state index >= 15 is 0 Å². The number of hydrogen-bond acceptors (Lipinski definition) is 4. The fraction of sp³-hybridized carbons (Fsp3) is 0.278. The predicted molar refractivity (Wildman–Crippen MR) is 89.9 cm³/mol. The van der Waals surface area contributed by atoms with Crippen LogP contribution in [0.3, 0.4) is 0 Å². The second-order valence-corrected chi connectivity index (χ2v) is 7.56. The van der Waals surface area contributed by atoms with Crippen molar-refractivity contribution in [3.8, 4) is 5.75 Å². The quantitative estimate of drug-likeness (QED) is 0.740. The van der Waals surface area contributed by atoms with Crippen LogP contribution in [0.5, 0.6) is 5.75 Å². The van der Waals surface area contributed by atoms with Crippen LogP contribution in [0.4, 0.5) is 4.39 Å². The monoisotopic (exact) mass is 363 g/mol. The molecule has 7 heteroatoms. The van der Waals surface area contributed by atoms with Gasteiger partial charge in [0.2, 0.25) is 5.91 Å². The molecule has 0 aromatic heterocycles. The van der Waals surface area contributed by atoms with Crippen LogP contribution >= 0.6 is 0 Å². The Hall–Kier alpha value is -2.41. The zero-order chi connectivity index (χ0) is 18.0. The first kappa shape index (κ1) is 17.4. The second kappa shape index (κ2) is 6.84. The molecule has 1 fully saturated rings. The molecule has 0 radical (unpaired) electrons. The number of halogens is 1. The maximum absolute atomic E-state index is 12.9. The summed E-state index contributed by atoms with van der Waals surface area (Å²) in [5.41, 5.74) is 0.786. The van der Waals surface area contributed by atoms with Crippen LogP contribution < -0.4 is 4.18 Å². The van der Waals surface area contributed by atoms with Crippen molar-refractivity contribution in [3.05, 3.63) is 59.9 Å². The lowest BCUT2D eigenvalue weighted by molar-refractivity contribution is -0.130. The number of carbonyl (C=O) groups is 1. The van der Waals surface area contributed by atoms with E-state index in [1.54, 1.807) is 17.0 Å². The van der Waals surface area contributed by atoms with E-state index < -0.39 is 15.9 Å². The summed E-state index contributed by atoms with van der Waals surface area (Å²) in [6, 6.07) is 11.3. The lowest BCUT2D eigenvalue weighted by Gasteiger charge is -2.20. The first-order valence-corrected chi connectivity index (χ1v) is 9.32. The van der Waals surface area contributed by atoms with Gasteiger partial charge in [-0.15, -0.1) is 0 Å². The Labute approximate surface area is 146 Å². The van der Waals surface area contributed by atoms with Crippen LogP contribution in [0, 0.1) is 5.82 Å². The second-order valence-electron chi connectivity index (χ2n) is 6.02. The average molecular weight is 363 g/mol. The van der Waals surface area contributed by atoms with E-state index in [4.69, 9.17) is 4.18 Å². The summed E-state index contributed by atoms with van der Waals surface area (Å²) in [6.45, 7) is 1.94. The van der Waals surface area contributed by atoms with E-state index in [0.717, 1.165) is 42.7 Å². The molecular formula is C18H18FNO4S. The Bertz CT molecular complexity index is 876. The number of rotatable bonds is 6. The van der Waals surface area contributed by atoms with Gasteiger partial charge in [0.25, 0.3) is 0 Å². The highest BCUT2D eigenvalue weighted by Gasteiger charge is 2.30. The summed E-state index contributed by atoms with van der Waals surface area (Å²) in [4.78, 5) is 13.4. The van der Waals surface area contributed by atoms with Gasteiger partial charge in [-0.05, 0) is 54.8 Å². The van der Waals surface area contributed by atoms with E-state index in [9.17, 15) is 17.6 Å². The van der Waals surface area contributed by atoms with Gasteiger partial charge in [-0.3, -0.25) is 4.79 Å². The molecule has 2 aromatic rings. The Morgan fingerprint density at radius 3 is 2.48 bits per heavy atom. The highest BCUT2D eigenvalue weighted by molar-refractivity contribution is 7.87. The Morgan fingerprint density at radius 1 is 1.20 bits per heavy atom. The third-order valence-electron chi connectivity index (χ3n) is 3.95. The van der Waals surface area contributed by atoms with Crippen molar-refractivity contribution in [2.24, 2.45) is 0 Å². The van der Waals surface area contributed by atoms with Crippen LogP contribution in [0.2, 0.25) is 0 Å². The zero-order valence-corrected chi connectivity index (χ0v) is 14.5. The fourth-order valence-corrected chi connectivity index (χ4v) is 3.47. The number of benzene rings is 2. The molecule has 1 aliphatic rings. The topological polar surface area (TPSA) is 63.7 Å². The first-order chi connectivity index (χ1) is 11.8. The highest BCUT2D eigenvalue weighted by Crippen LogP contribution is 2.29. The number of carbonyl (C=O) groups excluding carboxylic acids is 1. The fourth-order valence-electron chi connectivity index (χ4n) is 2.55. The molecule has 0 atom stereocenters. The molecule has 0 saturated heterocycles. The van der Waals surface area contributed by atoms with E-state index in [-0.39, 0.29) is 22.6 Å². The maximum Gasteiger partial charge on any atom is 0.339 e. The number of hydrogen-bond donors (Lipinski definition) is 0. The number of nitrogens with zero attached hydrogens (tertiary/aromatic N) is 1. The zero-order valence-electron chi connectivity index (χ0n) is 13.7. The minimum Gasteiger partial charge on any atom is -0.379 e. The van der Waals surface area contributed by atoms with Gasteiger partial charge in [-0.1, -0.05) is 12.1 Å². The molecule has 1 amide bonds. The average Bonchev–Trinajstić information content (AvgIpc) is 3.37. The summed E-state index contributed by atoms with van der Waals surface area (Å²) in [5.74, 6) is -0.376. The molecule has 1 saturated carbocycles.